The van der Waals surface area contributed by atoms with Crippen LogP contribution in [0.3, 0.4) is 0 Å². The van der Waals surface area contributed by atoms with Gasteiger partial charge in [0, 0.05) is 18.7 Å². The van der Waals surface area contributed by atoms with Crippen LogP contribution in [0.5, 0.6) is 0 Å². The number of halogens is 1. The summed E-state index contributed by atoms with van der Waals surface area (Å²) in [4.78, 5) is 23.2. The number of hydrogen-bond donors (Lipinski definition) is 2. The maximum atomic E-state index is 12.9. The highest BCUT2D eigenvalue weighted by molar-refractivity contribution is 6.01. The first-order chi connectivity index (χ1) is 10.1. The first kappa shape index (κ1) is 15.6. The second-order valence-electron chi connectivity index (χ2n) is 5.06. The van der Waals surface area contributed by atoms with Gasteiger partial charge in [-0.25, -0.2) is 4.39 Å². The maximum absolute atomic E-state index is 12.9. The number of carbonyl (C=O) groups is 2. The molecule has 0 bridgehead atoms. The van der Waals surface area contributed by atoms with Crippen LogP contribution < -0.4 is 5.32 Å². The average molecular weight is 295 g/mol. The summed E-state index contributed by atoms with van der Waals surface area (Å²) in [7, 11) is 0. The van der Waals surface area contributed by atoms with Crippen LogP contribution in [0.1, 0.15) is 29.6 Å². The van der Waals surface area contributed by atoms with Gasteiger partial charge in [0.1, 0.15) is 5.82 Å². The van der Waals surface area contributed by atoms with Crippen molar-refractivity contribution in [1.29, 1.82) is 0 Å². The van der Waals surface area contributed by atoms with Crippen molar-refractivity contribution in [2.24, 2.45) is 0 Å². The van der Waals surface area contributed by atoms with Crippen molar-refractivity contribution in [2.45, 2.75) is 31.4 Å². The monoisotopic (exact) mass is 295 g/mol. The third-order valence-corrected chi connectivity index (χ3v) is 3.44. The van der Waals surface area contributed by atoms with Crippen molar-refractivity contribution in [3.8, 4) is 0 Å². The molecule has 1 heterocycles. The number of carboxylic acid groups (broad SMARTS) is 1. The fraction of sp³-hybridized carbons (Fsp3) is 0.467. The second-order valence-corrected chi connectivity index (χ2v) is 5.06. The van der Waals surface area contributed by atoms with Crippen molar-refractivity contribution >= 4 is 11.8 Å². The summed E-state index contributed by atoms with van der Waals surface area (Å²) in [6.07, 6.45) is 1.57. The number of Topliss-reactive ketones (excluding diaryl/α,β-unsaturated/α-hetero) is 1. The molecule has 0 radical (unpaired) electrons. The predicted octanol–water partition coefficient (Wildman–Crippen LogP) is 1.62. The predicted molar refractivity (Wildman–Crippen MR) is 73.7 cm³/mol. The third kappa shape index (κ3) is 4.61. The number of ether oxygens (including phenoxy) is 1. The molecule has 2 unspecified atom stereocenters. The number of benzene rings is 1. The summed E-state index contributed by atoms with van der Waals surface area (Å²) in [5.74, 6) is -1.85. The molecule has 2 atom stereocenters. The van der Waals surface area contributed by atoms with Crippen molar-refractivity contribution < 1.29 is 23.8 Å². The van der Waals surface area contributed by atoms with E-state index >= 15 is 0 Å². The minimum atomic E-state index is -1.06. The van der Waals surface area contributed by atoms with Gasteiger partial charge in [0.05, 0.1) is 18.6 Å². The Labute approximate surface area is 122 Å². The average Bonchev–Trinajstić information content (AvgIpc) is 2.96. The van der Waals surface area contributed by atoms with E-state index in [9.17, 15) is 14.0 Å². The summed E-state index contributed by atoms with van der Waals surface area (Å²) in [6.45, 7) is 1.13. The summed E-state index contributed by atoms with van der Waals surface area (Å²) in [5.41, 5.74) is 0.294. The van der Waals surface area contributed by atoms with E-state index in [-0.39, 0.29) is 18.3 Å². The normalized spacial score (nSPS) is 19.4. The van der Waals surface area contributed by atoms with Crippen LogP contribution in [-0.2, 0) is 9.53 Å². The van der Waals surface area contributed by atoms with Crippen LogP contribution in [0, 0.1) is 5.82 Å². The number of aliphatic carboxylic acids is 1. The Hall–Kier alpha value is -1.79. The lowest BCUT2D eigenvalue weighted by Crippen LogP contribution is -2.42. The second kappa shape index (κ2) is 7.28. The van der Waals surface area contributed by atoms with Gasteiger partial charge in [0.15, 0.2) is 5.78 Å². The van der Waals surface area contributed by atoms with Gasteiger partial charge >= 0.3 is 5.97 Å². The molecule has 1 aromatic carbocycles. The highest BCUT2D eigenvalue weighted by Gasteiger charge is 2.25. The molecule has 5 nitrogen and oxygen atoms in total. The van der Waals surface area contributed by atoms with Crippen molar-refractivity contribution in [1.82, 2.24) is 5.32 Å². The maximum Gasteiger partial charge on any atom is 0.305 e. The van der Waals surface area contributed by atoms with E-state index in [1.807, 2.05) is 0 Å². The molecule has 21 heavy (non-hydrogen) atoms. The SMILES string of the molecule is O=C(O)CC(NCC1CCCO1)C(=O)c1ccc(F)cc1. The molecule has 0 aromatic heterocycles. The number of rotatable bonds is 7. The summed E-state index contributed by atoms with van der Waals surface area (Å²) < 4.78 is 18.3. The van der Waals surface area contributed by atoms with Crippen LogP contribution in [0.2, 0.25) is 0 Å². The molecule has 114 valence electrons. The van der Waals surface area contributed by atoms with E-state index < -0.39 is 17.8 Å². The molecule has 1 aliphatic heterocycles. The van der Waals surface area contributed by atoms with E-state index in [1.165, 1.54) is 24.3 Å². The molecule has 1 aliphatic rings. The van der Waals surface area contributed by atoms with Crippen molar-refractivity contribution in [2.75, 3.05) is 13.2 Å². The molecule has 2 N–H and O–H groups in total. The Morgan fingerprint density at radius 3 is 2.67 bits per heavy atom. The Balaban J connectivity index is 2.01. The van der Waals surface area contributed by atoms with Gasteiger partial charge in [-0.3, -0.25) is 9.59 Å². The molecule has 1 saturated heterocycles. The van der Waals surface area contributed by atoms with Gasteiger partial charge in [-0.2, -0.15) is 0 Å². The minimum absolute atomic E-state index is 0.0160. The zero-order valence-corrected chi connectivity index (χ0v) is 11.5. The van der Waals surface area contributed by atoms with Crippen LogP contribution in [0.15, 0.2) is 24.3 Å². The summed E-state index contributed by atoms with van der Waals surface area (Å²) in [5, 5.41) is 11.9. The Morgan fingerprint density at radius 1 is 1.38 bits per heavy atom. The molecular weight excluding hydrogens is 277 g/mol. The third-order valence-electron chi connectivity index (χ3n) is 3.44. The quantitative estimate of drug-likeness (QED) is 0.748. The number of nitrogens with one attached hydrogen (secondary N) is 1. The number of ketones is 1. The molecule has 0 aliphatic carbocycles. The molecular formula is C15H18FNO4. The molecule has 0 saturated carbocycles. The number of hydrogen-bond acceptors (Lipinski definition) is 4. The molecule has 1 aromatic rings. The lowest BCUT2D eigenvalue weighted by Gasteiger charge is -2.18. The Morgan fingerprint density at radius 2 is 2.10 bits per heavy atom. The zero-order valence-electron chi connectivity index (χ0n) is 11.5. The van der Waals surface area contributed by atoms with Gasteiger partial charge in [-0.15, -0.1) is 0 Å². The first-order valence-corrected chi connectivity index (χ1v) is 6.93. The van der Waals surface area contributed by atoms with Gasteiger partial charge in [-0.1, -0.05) is 0 Å². The standard InChI is InChI=1S/C15H18FNO4/c16-11-5-3-10(4-6-11)15(20)13(8-14(18)19)17-9-12-2-1-7-21-12/h3-6,12-13,17H,1-2,7-9H2,(H,18,19). The molecule has 1 fully saturated rings. The van der Waals surface area contributed by atoms with E-state index in [0.29, 0.717) is 18.7 Å². The smallest absolute Gasteiger partial charge is 0.305 e. The summed E-state index contributed by atoms with van der Waals surface area (Å²) >= 11 is 0. The fourth-order valence-corrected chi connectivity index (χ4v) is 2.33. The molecule has 0 amide bonds. The Bertz CT molecular complexity index is 497. The lowest BCUT2D eigenvalue weighted by molar-refractivity contribution is -0.137. The largest absolute Gasteiger partial charge is 0.481 e. The fourth-order valence-electron chi connectivity index (χ4n) is 2.33. The lowest BCUT2D eigenvalue weighted by atomic mass is 10.0. The van der Waals surface area contributed by atoms with Gasteiger partial charge in [0.25, 0.3) is 0 Å². The summed E-state index contributed by atoms with van der Waals surface area (Å²) in [6, 6.07) is 4.26. The number of carboxylic acids is 1. The highest BCUT2D eigenvalue weighted by Crippen LogP contribution is 2.13. The van der Waals surface area contributed by atoms with E-state index in [1.54, 1.807) is 0 Å². The van der Waals surface area contributed by atoms with Crippen LogP contribution in [0.4, 0.5) is 4.39 Å². The van der Waals surface area contributed by atoms with E-state index in [2.05, 4.69) is 5.32 Å². The Kier molecular flexibility index (Phi) is 5.41. The van der Waals surface area contributed by atoms with E-state index in [4.69, 9.17) is 9.84 Å². The molecule has 2 rings (SSSR count). The highest BCUT2D eigenvalue weighted by atomic mass is 19.1. The molecule has 6 heteroatoms. The van der Waals surface area contributed by atoms with Crippen molar-refractivity contribution in [3.63, 3.8) is 0 Å². The number of carbonyl (C=O) groups excluding carboxylic acids is 1. The van der Waals surface area contributed by atoms with Crippen molar-refractivity contribution in [3.05, 3.63) is 35.6 Å². The van der Waals surface area contributed by atoms with Crippen LogP contribution in [0.25, 0.3) is 0 Å². The van der Waals surface area contributed by atoms with Crippen LogP contribution in [-0.4, -0.2) is 42.2 Å². The van der Waals surface area contributed by atoms with Gasteiger partial charge in [-0.05, 0) is 37.1 Å². The van der Waals surface area contributed by atoms with Gasteiger partial charge < -0.3 is 15.2 Å². The topological polar surface area (TPSA) is 75.6 Å². The first-order valence-electron chi connectivity index (χ1n) is 6.93. The van der Waals surface area contributed by atoms with E-state index in [0.717, 1.165) is 12.8 Å². The molecule has 0 spiro atoms. The minimum Gasteiger partial charge on any atom is -0.481 e. The van der Waals surface area contributed by atoms with Gasteiger partial charge in [0.2, 0.25) is 0 Å². The zero-order chi connectivity index (χ0) is 15.2. The van der Waals surface area contributed by atoms with Crippen LogP contribution >= 0.6 is 0 Å².